The standard InChI is InChI=1S/C21H34N2O2/c1-4-18(24)22-23-17-8-7-14-15-6-5-11-20(15,2)12-9-16(14)21(17,3)13-10-19(23)25/h14-17H,4-13H2,1-3H3,(H,22,24)/t14-,15-,16+,17?,20-,21+/m0/s1. The van der Waals surface area contributed by atoms with Crippen molar-refractivity contribution in [3.05, 3.63) is 0 Å². The van der Waals surface area contributed by atoms with Gasteiger partial charge in [-0.3, -0.25) is 20.0 Å². The number of hydrogen-bond acceptors (Lipinski definition) is 2. The number of amides is 2. The van der Waals surface area contributed by atoms with Gasteiger partial charge in [0.1, 0.15) is 0 Å². The fourth-order valence-electron chi connectivity index (χ4n) is 7.23. The van der Waals surface area contributed by atoms with Crippen LogP contribution in [0.25, 0.3) is 0 Å². The lowest BCUT2D eigenvalue weighted by molar-refractivity contribution is -0.171. The number of hydrogen-bond donors (Lipinski definition) is 1. The average molecular weight is 347 g/mol. The van der Waals surface area contributed by atoms with E-state index >= 15 is 0 Å². The van der Waals surface area contributed by atoms with Crippen molar-refractivity contribution >= 4 is 11.8 Å². The predicted molar refractivity (Wildman–Crippen MR) is 97.3 cm³/mol. The van der Waals surface area contributed by atoms with Gasteiger partial charge < -0.3 is 0 Å². The third-order valence-corrected chi connectivity index (χ3v) is 8.62. The van der Waals surface area contributed by atoms with Crippen LogP contribution in [0.4, 0.5) is 0 Å². The van der Waals surface area contributed by atoms with Crippen LogP contribution >= 0.6 is 0 Å². The maximum absolute atomic E-state index is 12.5. The molecule has 1 heterocycles. The molecule has 4 aliphatic rings. The summed E-state index contributed by atoms with van der Waals surface area (Å²) in [4.78, 5) is 24.5. The highest BCUT2D eigenvalue weighted by Gasteiger charge is 2.59. The van der Waals surface area contributed by atoms with Gasteiger partial charge in [0, 0.05) is 12.8 Å². The molecule has 0 aromatic heterocycles. The number of piperidine rings is 1. The molecule has 0 radical (unpaired) electrons. The third kappa shape index (κ3) is 2.54. The molecule has 25 heavy (non-hydrogen) atoms. The fourth-order valence-corrected chi connectivity index (χ4v) is 7.23. The summed E-state index contributed by atoms with van der Waals surface area (Å²) in [6.07, 6.45) is 11.2. The summed E-state index contributed by atoms with van der Waals surface area (Å²) in [5.41, 5.74) is 3.68. The minimum atomic E-state index is -0.0354. The van der Waals surface area contributed by atoms with E-state index in [1.165, 1.54) is 38.5 Å². The smallest absolute Gasteiger partial charge is 0.241 e. The van der Waals surface area contributed by atoms with Crippen molar-refractivity contribution in [3.8, 4) is 0 Å². The highest BCUT2D eigenvalue weighted by atomic mass is 16.2. The van der Waals surface area contributed by atoms with Gasteiger partial charge in [-0.05, 0) is 73.5 Å². The molecule has 0 spiro atoms. The normalized spacial score (nSPS) is 46.2. The SMILES string of the molecule is CCC(=O)NN1C(=O)CC[C@@]2(C)C1CC[C@@H]1[C@H]2CC[C@]2(C)CCC[C@@H]12. The van der Waals surface area contributed by atoms with E-state index in [1.807, 2.05) is 6.92 Å². The van der Waals surface area contributed by atoms with Crippen molar-refractivity contribution in [1.82, 2.24) is 10.4 Å². The van der Waals surface area contributed by atoms with E-state index < -0.39 is 0 Å². The van der Waals surface area contributed by atoms with E-state index in [-0.39, 0.29) is 23.3 Å². The van der Waals surface area contributed by atoms with Crippen LogP contribution in [0.1, 0.15) is 85.0 Å². The zero-order valence-electron chi connectivity index (χ0n) is 16.1. The Morgan fingerprint density at radius 3 is 2.68 bits per heavy atom. The first kappa shape index (κ1) is 17.4. The van der Waals surface area contributed by atoms with Gasteiger partial charge in [0.05, 0.1) is 6.04 Å². The number of carbonyl (C=O) groups is 2. The van der Waals surface area contributed by atoms with Crippen LogP contribution in [0.5, 0.6) is 0 Å². The Kier molecular flexibility index (Phi) is 4.16. The summed E-state index contributed by atoms with van der Waals surface area (Å²) in [6, 6.07) is 0.191. The van der Waals surface area contributed by atoms with Crippen molar-refractivity contribution in [1.29, 1.82) is 0 Å². The summed E-state index contributed by atoms with van der Waals surface area (Å²) in [7, 11) is 0. The Morgan fingerprint density at radius 1 is 1.12 bits per heavy atom. The second-order valence-electron chi connectivity index (χ2n) is 9.71. The Hall–Kier alpha value is -1.06. The van der Waals surface area contributed by atoms with Crippen LogP contribution in [-0.2, 0) is 9.59 Å². The first-order chi connectivity index (χ1) is 11.9. The molecule has 1 unspecified atom stereocenters. The largest absolute Gasteiger partial charge is 0.273 e. The first-order valence-electron chi connectivity index (χ1n) is 10.5. The predicted octanol–water partition coefficient (Wildman–Crippen LogP) is 4.05. The minimum Gasteiger partial charge on any atom is -0.273 e. The summed E-state index contributed by atoms with van der Waals surface area (Å²) in [6.45, 7) is 6.80. The number of carbonyl (C=O) groups excluding carboxylic acids is 2. The average Bonchev–Trinajstić information content (AvgIpc) is 2.99. The van der Waals surface area contributed by atoms with Crippen LogP contribution in [0, 0.1) is 28.6 Å². The summed E-state index contributed by atoms with van der Waals surface area (Å²) < 4.78 is 0. The number of rotatable bonds is 2. The van der Waals surface area contributed by atoms with Gasteiger partial charge in [0.25, 0.3) is 0 Å². The van der Waals surface area contributed by atoms with Gasteiger partial charge >= 0.3 is 0 Å². The molecule has 4 fully saturated rings. The molecule has 3 aliphatic carbocycles. The lowest BCUT2D eigenvalue weighted by Gasteiger charge is -2.61. The summed E-state index contributed by atoms with van der Waals surface area (Å²) >= 11 is 0. The molecular formula is C21H34N2O2. The maximum atomic E-state index is 12.5. The topological polar surface area (TPSA) is 49.4 Å². The molecule has 2 amide bonds. The fraction of sp³-hybridized carbons (Fsp3) is 0.905. The van der Waals surface area contributed by atoms with E-state index in [4.69, 9.17) is 0 Å². The monoisotopic (exact) mass is 346 g/mol. The van der Waals surface area contributed by atoms with Crippen LogP contribution in [0.15, 0.2) is 0 Å². The van der Waals surface area contributed by atoms with E-state index in [0.717, 1.165) is 30.6 Å². The lowest BCUT2D eigenvalue weighted by atomic mass is 9.47. The van der Waals surface area contributed by atoms with Gasteiger partial charge in [-0.2, -0.15) is 0 Å². The summed E-state index contributed by atoms with van der Waals surface area (Å²) in [5, 5.41) is 1.74. The van der Waals surface area contributed by atoms with Crippen molar-refractivity contribution in [2.75, 3.05) is 0 Å². The number of hydrazine groups is 1. The highest BCUT2D eigenvalue weighted by Crippen LogP contribution is 2.64. The Balaban J connectivity index is 1.61. The molecule has 1 saturated heterocycles. The Labute approximate surface area is 152 Å². The molecule has 1 N–H and O–H groups in total. The van der Waals surface area contributed by atoms with Gasteiger partial charge in [-0.1, -0.05) is 27.2 Å². The molecule has 0 aromatic rings. The quantitative estimate of drug-likeness (QED) is 0.820. The zero-order valence-corrected chi connectivity index (χ0v) is 16.1. The maximum Gasteiger partial charge on any atom is 0.241 e. The molecule has 6 atom stereocenters. The number of fused-ring (bicyclic) bond motifs is 5. The van der Waals surface area contributed by atoms with E-state index in [9.17, 15) is 9.59 Å². The second-order valence-corrected chi connectivity index (χ2v) is 9.71. The Morgan fingerprint density at radius 2 is 1.92 bits per heavy atom. The van der Waals surface area contributed by atoms with Gasteiger partial charge in [-0.15, -0.1) is 0 Å². The minimum absolute atomic E-state index is 0.0354. The molecule has 4 nitrogen and oxygen atoms in total. The summed E-state index contributed by atoms with van der Waals surface area (Å²) in [5.74, 6) is 2.52. The van der Waals surface area contributed by atoms with Gasteiger partial charge in [-0.25, -0.2) is 0 Å². The molecule has 0 bridgehead atoms. The van der Waals surface area contributed by atoms with Crippen LogP contribution in [0.2, 0.25) is 0 Å². The number of nitrogens with zero attached hydrogens (tertiary/aromatic N) is 1. The molecular weight excluding hydrogens is 312 g/mol. The second kappa shape index (κ2) is 5.99. The molecule has 140 valence electrons. The van der Waals surface area contributed by atoms with Crippen molar-refractivity contribution in [3.63, 3.8) is 0 Å². The molecule has 1 aliphatic heterocycles. The molecule has 3 saturated carbocycles. The molecule has 0 aromatic carbocycles. The Bertz CT molecular complexity index is 576. The van der Waals surface area contributed by atoms with Gasteiger partial charge in [0.15, 0.2) is 0 Å². The molecule has 4 heteroatoms. The number of nitrogens with one attached hydrogen (secondary N) is 1. The van der Waals surface area contributed by atoms with Crippen molar-refractivity contribution < 1.29 is 9.59 Å². The molecule has 4 rings (SSSR count). The van der Waals surface area contributed by atoms with E-state index in [2.05, 4.69) is 19.3 Å². The van der Waals surface area contributed by atoms with Crippen molar-refractivity contribution in [2.24, 2.45) is 28.6 Å². The van der Waals surface area contributed by atoms with E-state index in [1.54, 1.807) is 5.01 Å². The van der Waals surface area contributed by atoms with Gasteiger partial charge in [0.2, 0.25) is 11.8 Å². The van der Waals surface area contributed by atoms with E-state index in [0.29, 0.717) is 18.3 Å². The van der Waals surface area contributed by atoms with Crippen LogP contribution in [-0.4, -0.2) is 22.9 Å². The third-order valence-electron chi connectivity index (χ3n) is 8.62. The van der Waals surface area contributed by atoms with Crippen LogP contribution < -0.4 is 5.43 Å². The highest BCUT2D eigenvalue weighted by molar-refractivity contribution is 5.83. The lowest BCUT2D eigenvalue weighted by Crippen LogP contribution is -2.65. The van der Waals surface area contributed by atoms with Crippen LogP contribution in [0.3, 0.4) is 0 Å². The first-order valence-corrected chi connectivity index (χ1v) is 10.5. The van der Waals surface area contributed by atoms with Crippen molar-refractivity contribution in [2.45, 2.75) is 91.0 Å². The zero-order chi connectivity index (χ0) is 17.8.